The van der Waals surface area contributed by atoms with E-state index in [2.05, 4.69) is 13.2 Å². The molecule has 80 valence electrons. The first-order chi connectivity index (χ1) is 6.50. The molecule has 0 aliphatic heterocycles. The third-order valence-electron chi connectivity index (χ3n) is 2.31. The van der Waals surface area contributed by atoms with Crippen LogP contribution in [0, 0.1) is 5.41 Å². The zero-order valence-electron chi connectivity index (χ0n) is 9.43. The van der Waals surface area contributed by atoms with E-state index >= 15 is 0 Å². The van der Waals surface area contributed by atoms with Gasteiger partial charge in [-0.05, 0) is 26.7 Å². The van der Waals surface area contributed by atoms with Gasteiger partial charge in [-0.3, -0.25) is 4.79 Å². The Morgan fingerprint density at radius 3 is 2.43 bits per heavy atom. The predicted molar refractivity (Wildman–Crippen MR) is 59.0 cm³/mol. The van der Waals surface area contributed by atoms with Gasteiger partial charge in [0.25, 0.3) is 0 Å². The first-order valence-electron chi connectivity index (χ1n) is 4.97. The number of carbonyl (C=O) groups is 1. The van der Waals surface area contributed by atoms with E-state index in [4.69, 9.17) is 4.74 Å². The molecule has 2 heteroatoms. The van der Waals surface area contributed by atoms with E-state index in [1.165, 1.54) is 0 Å². The molecule has 0 aromatic heterocycles. The van der Waals surface area contributed by atoms with Gasteiger partial charge in [0, 0.05) is 0 Å². The van der Waals surface area contributed by atoms with Crippen molar-refractivity contribution in [3.8, 4) is 0 Å². The van der Waals surface area contributed by atoms with Crippen LogP contribution in [0.2, 0.25) is 0 Å². The largest absolute Gasteiger partial charge is 0.465 e. The van der Waals surface area contributed by atoms with Crippen LogP contribution in [0.25, 0.3) is 0 Å². The maximum Gasteiger partial charge on any atom is 0.315 e. The van der Waals surface area contributed by atoms with Crippen LogP contribution in [0.15, 0.2) is 24.8 Å². The first kappa shape index (κ1) is 12.9. The Morgan fingerprint density at radius 2 is 2.07 bits per heavy atom. The van der Waals surface area contributed by atoms with E-state index in [1.54, 1.807) is 13.0 Å². The van der Waals surface area contributed by atoms with Gasteiger partial charge in [-0.15, -0.1) is 6.58 Å². The molecule has 0 spiro atoms. The highest BCUT2D eigenvalue weighted by Gasteiger charge is 2.31. The maximum atomic E-state index is 11.6. The molecule has 0 N–H and O–H groups in total. The second-order valence-corrected chi connectivity index (χ2v) is 3.62. The molecule has 14 heavy (non-hydrogen) atoms. The van der Waals surface area contributed by atoms with E-state index in [0.29, 0.717) is 13.0 Å². The summed E-state index contributed by atoms with van der Waals surface area (Å²) in [5.74, 6) is -0.218. The lowest BCUT2D eigenvalue weighted by atomic mass is 9.83. The third-order valence-corrected chi connectivity index (χ3v) is 2.31. The van der Waals surface area contributed by atoms with Gasteiger partial charge in [0.2, 0.25) is 0 Å². The van der Waals surface area contributed by atoms with Gasteiger partial charge in [0.05, 0.1) is 12.0 Å². The molecule has 0 bridgehead atoms. The lowest BCUT2D eigenvalue weighted by Crippen LogP contribution is -2.28. The van der Waals surface area contributed by atoms with Crippen LogP contribution >= 0.6 is 0 Å². The van der Waals surface area contributed by atoms with Crippen molar-refractivity contribution >= 4 is 5.97 Å². The molecular formula is C12H20O2. The summed E-state index contributed by atoms with van der Waals surface area (Å²) in [5, 5.41) is 0. The number of hydrogen-bond donors (Lipinski definition) is 0. The average Bonchev–Trinajstić information content (AvgIpc) is 2.17. The molecule has 0 aromatic carbocycles. The zero-order chi connectivity index (χ0) is 11.2. The highest BCUT2D eigenvalue weighted by atomic mass is 16.5. The molecule has 0 aromatic rings. The van der Waals surface area contributed by atoms with Crippen molar-refractivity contribution in [2.75, 3.05) is 6.61 Å². The number of carbonyl (C=O) groups excluding carboxylic acids is 1. The quantitative estimate of drug-likeness (QED) is 0.482. The summed E-state index contributed by atoms with van der Waals surface area (Å²) in [7, 11) is 0. The molecule has 0 saturated heterocycles. The fourth-order valence-corrected chi connectivity index (χ4v) is 1.17. The molecule has 1 atom stereocenters. The number of allylic oxidation sites excluding steroid dienone is 1. The molecule has 0 radical (unpaired) electrons. The van der Waals surface area contributed by atoms with Crippen LogP contribution in [-0.4, -0.2) is 12.6 Å². The summed E-state index contributed by atoms with van der Waals surface area (Å²) in [4.78, 5) is 11.6. The van der Waals surface area contributed by atoms with Crippen molar-refractivity contribution < 1.29 is 9.53 Å². The zero-order valence-corrected chi connectivity index (χ0v) is 9.43. The van der Waals surface area contributed by atoms with Gasteiger partial charge in [-0.1, -0.05) is 25.2 Å². The van der Waals surface area contributed by atoms with E-state index in [-0.39, 0.29) is 5.97 Å². The van der Waals surface area contributed by atoms with Crippen LogP contribution in [0.5, 0.6) is 0 Å². The Bertz CT molecular complexity index is 230. The molecule has 0 saturated carbocycles. The lowest BCUT2D eigenvalue weighted by Gasteiger charge is -2.23. The second kappa shape index (κ2) is 5.63. The SMILES string of the molecule is C=CC(C)(CC(=C)CC)C(=O)OCC. The smallest absolute Gasteiger partial charge is 0.315 e. The molecule has 0 amide bonds. The van der Waals surface area contributed by atoms with Crippen molar-refractivity contribution in [1.29, 1.82) is 0 Å². The third kappa shape index (κ3) is 3.36. The summed E-state index contributed by atoms with van der Waals surface area (Å²) < 4.78 is 4.99. The van der Waals surface area contributed by atoms with Crippen LogP contribution in [0.4, 0.5) is 0 Å². The van der Waals surface area contributed by atoms with Crippen LogP contribution in [0.1, 0.15) is 33.6 Å². The highest BCUT2D eigenvalue weighted by Crippen LogP contribution is 2.29. The fourth-order valence-electron chi connectivity index (χ4n) is 1.17. The number of rotatable bonds is 6. The average molecular weight is 196 g/mol. The van der Waals surface area contributed by atoms with Crippen molar-refractivity contribution in [1.82, 2.24) is 0 Å². The lowest BCUT2D eigenvalue weighted by molar-refractivity contribution is -0.151. The number of ether oxygens (including phenoxy) is 1. The molecule has 0 aliphatic carbocycles. The monoisotopic (exact) mass is 196 g/mol. The van der Waals surface area contributed by atoms with Gasteiger partial charge in [0.1, 0.15) is 0 Å². The fraction of sp³-hybridized carbons (Fsp3) is 0.583. The normalized spacial score (nSPS) is 14.2. The topological polar surface area (TPSA) is 26.3 Å². The van der Waals surface area contributed by atoms with E-state index in [0.717, 1.165) is 12.0 Å². The standard InChI is InChI=1S/C12H20O2/c1-6-10(4)9-12(5,7-2)11(13)14-8-3/h7H,2,4,6,8-9H2,1,3,5H3. The molecular weight excluding hydrogens is 176 g/mol. The molecule has 0 heterocycles. The molecule has 2 nitrogen and oxygen atoms in total. The first-order valence-corrected chi connectivity index (χ1v) is 4.97. The second-order valence-electron chi connectivity index (χ2n) is 3.62. The Kier molecular flexibility index (Phi) is 5.21. The van der Waals surface area contributed by atoms with Crippen molar-refractivity contribution in [2.45, 2.75) is 33.6 Å². The summed E-state index contributed by atoms with van der Waals surface area (Å²) in [6.07, 6.45) is 3.14. The van der Waals surface area contributed by atoms with E-state index < -0.39 is 5.41 Å². The minimum Gasteiger partial charge on any atom is -0.465 e. The minimum atomic E-state index is -0.622. The van der Waals surface area contributed by atoms with Gasteiger partial charge in [0.15, 0.2) is 0 Å². The molecule has 0 rings (SSSR count). The predicted octanol–water partition coefficient (Wildman–Crippen LogP) is 3.10. The summed E-state index contributed by atoms with van der Waals surface area (Å²) in [6.45, 7) is 13.6. The maximum absolute atomic E-state index is 11.6. The van der Waals surface area contributed by atoms with Crippen LogP contribution < -0.4 is 0 Å². The van der Waals surface area contributed by atoms with Crippen LogP contribution in [0.3, 0.4) is 0 Å². The number of esters is 1. The molecule has 1 unspecified atom stereocenters. The van der Waals surface area contributed by atoms with Gasteiger partial charge in [-0.2, -0.15) is 0 Å². The number of hydrogen-bond acceptors (Lipinski definition) is 2. The summed E-state index contributed by atoms with van der Waals surface area (Å²) >= 11 is 0. The van der Waals surface area contributed by atoms with Crippen molar-refractivity contribution in [3.05, 3.63) is 24.8 Å². The highest BCUT2D eigenvalue weighted by molar-refractivity contribution is 5.78. The minimum absolute atomic E-state index is 0.218. The van der Waals surface area contributed by atoms with Crippen LogP contribution in [-0.2, 0) is 9.53 Å². The van der Waals surface area contributed by atoms with Crippen molar-refractivity contribution in [3.63, 3.8) is 0 Å². The molecule has 0 aliphatic rings. The van der Waals surface area contributed by atoms with Crippen molar-refractivity contribution in [2.24, 2.45) is 5.41 Å². The Labute approximate surface area is 86.6 Å². The van der Waals surface area contributed by atoms with Gasteiger partial charge >= 0.3 is 5.97 Å². The Morgan fingerprint density at radius 1 is 1.50 bits per heavy atom. The Balaban J connectivity index is 4.53. The summed E-state index contributed by atoms with van der Waals surface area (Å²) in [5.41, 5.74) is 0.420. The van der Waals surface area contributed by atoms with E-state index in [9.17, 15) is 4.79 Å². The Hall–Kier alpha value is -1.05. The van der Waals surface area contributed by atoms with Gasteiger partial charge < -0.3 is 4.74 Å². The molecule has 0 fully saturated rings. The summed E-state index contributed by atoms with van der Waals surface area (Å²) in [6, 6.07) is 0. The van der Waals surface area contributed by atoms with Gasteiger partial charge in [-0.25, -0.2) is 0 Å². The van der Waals surface area contributed by atoms with E-state index in [1.807, 2.05) is 13.8 Å².